The van der Waals surface area contributed by atoms with Crippen LogP contribution in [0.4, 0.5) is 11.4 Å². The van der Waals surface area contributed by atoms with Crippen LogP contribution in [0.3, 0.4) is 0 Å². The standard InChI is InChI=1S/C27H27N5O3S2/c1-18-9-11-19(12-10-18)31-16-6-8-23(31)26-25(22-7-4-5-15-28-22)29-27(36)32(26)20-13-14-21(24(17-20)35-2)30-37(3,33)34/h4-17,25-26,30H,1-3H3,(H,29,36)/t25-,26-/m1/s1. The van der Waals surface area contributed by atoms with E-state index in [1.165, 1.54) is 12.7 Å². The molecule has 0 saturated carbocycles. The van der Waals surface area contributed by atoms with Crippen molar-refractivity contribution in [2.45, 2.75) is 19.0 Å². The highest BCUT2D eigenvalue weighted by atomic mass is 32.2. The van der Waals surface area contributed by atoms with Crippen LogP contribution in [0.15, 0.2) is 85.2 Å². The molecule has 1 aliphatic heterocycles. The van der Waals surface area contributed by atoms with Crippen LogP contribution < -0.4 is 19.7 Å². The average molecular weight is 534 g/mol. The lowest BCUT2D eigenvalue weighted by molar-refractivity contribution is 0.417. The molecule has 0 amide bonds. The lowest BCUT2D eigenvalue weighted by Gasteiger charge is -2.29. The molecule has 2 atom stereocenters. The molecule has 0 spiro atoms. The number of anilines is 2. The van der Waals surface area contributed by atoms with Crippen LogP contribution >= 0.6 is 12.2 Å². The molecule has 2 N–H and O–H groups in total. The number of thiocarbonyl (C=S) groups is 1. The molecular weight excluding hydrogens is 506 g/mol. The van der Waals surface area contributed by atoms with Gasteiger partial charge in [-0.05, 0) is 67.7 Å². The summed E-state index contributed by atoms with van der Waals surface area (Å²) < 4.78 is 33.9. The van der Waals surface area contributed by atoms with Gasteiger partial charge in [0.05, 0.1) is 30.8 Å². The molecule has 0 bridgehead atoms. The van der Waals surface area contributed by atoms with E-state index in [2.05, 4.69) is 56.8 Å². The average Bonchev–Trinajstić information content (AvgIpc) is 3.49. The Morgan fingerprint density at radius 2 is 1.78 bits per heavy atom. The molecule has 1 saturated heterocycles. The maximum atomic E-state index is 11.8. The van der Waals surface area contributed by atoms with Crippen LogP contribution in [0, 0.1) is 6.92 Å². The van der Waals surface area contributed by atoms with E-state index >= 15 is 0 Å². The van der Waals surface area contributed by atoms with E-state index in [1.807, 2.05) is 41.4 Å². The Kier molecular flexibility index (Phi) is 6.61. The summed E-state index contributed by atoms with van der Waals surface area (Å²) in [5, 5.41) is 4.00. The summed E-state index contributed by atoms with van der Waals surface area (Å²) >= 11 is 5.85. The number of ether oxygens (including phenoxy) is 1. The minimum absolute atomic E-state index is 0.229. The van der Waals surface area contributed by atoms with E-state index in [1.54, 1.807) is 18.3 Å². The first-order valence-corrected chi connectivity index (χ1v) is 14.0. The predicted octanol–water partition coefficient (Wildman–Crippen LogP) is 4.74. The molecule has 0 radical (unpaired) electrons. The number of hydrogen-bond donors (Lipinski definition) is 2. The van der Waals surface area contributed by atoms with Gasteiger partial charge in [0.2, 0.25) is 10.0 Å². The zero-order valence-corrected chi connectivity index (χ0v) is 22.3. The highest BCUT2D eigenvalue weighted by Crippen LogP contribution is 2.44. The van der Waals surface area contributed by atoms with Crippen molar-refractivity contribution in [3.8, 4) is 11.4 Å². The van der Waals surface area contributed by atoms with Crippen molar-refractivity contribution >= 4 is 38.7 Å². The lowest BCUT2D eigenvalue weighted by Crippen LogP contribution is -2.30. The second-order valence-corrected chi connectivity index (χ2v) is 11.0. The molecule has 2 aromatic carbocycles. The van der Waals surface area contributed by atoms with Crippen LogP contribution in [0.25, 0.3) is 5.69 Å². The summed E-state index contributed by atoms with van der Waals surface area (Å²) in [4.78, 5) is 6.66. The van der Waals surface area contributed by atoms with Gasteiger partial charge >= 0.3 is 0 Å². The van der Waals surface area contributed by atoms with Crippen molar-refractivity contribution in [3.05, 3.63) is 102 Å². The van der Waals surface area contributed by atoms with Gasteiger partial charge in [0.15, 0.2) is 5.11 Å². The van der Waals surface area contributed by atoms with Gasteiger partial charge in [-0.15, -0.1) is 0 Å². The van der Waals surface area contributed by atoms with Crippen LogP contribution in [-0.4, -0.2) is 36.4 Å². The van der Waals surface area contributed by atoms with Crippen molar-refractivity contribution in [2.24, 2.45) is 0 Å². The fourth-order valence-electron chi connectivity index (χ4n) is 4.62. The zero-order valence-electron chi connectivity index (χ0n) is 20.6. The van der Waals surface area contributed by atoms with E-state index in [9.17, 15) is 8.42 Å². The maximum absolute atomic E-state index is 11.8. The second-order valence-electron chi connectivity index (χ2n) is 8.89. The van der Waals surface area contributed by atoms with Crippen molar-refractivity contribution in [1.29, 1.82) is 0 Å². The highest BCUT2D eigenvalue weighted by molar-refractivity contribution is 7.92. The van der Waals surface area contributed by atoms with Crippen LogP contribution in [0.5, 0.6) is 5.75 Å². The fourth-order valence-corrected chi connectivity index (χ4v) is 5.54. The van der Waals surface area contributed by atoms with Crippen molar-refractivity contribution in [3.63, 3.8) is 0 Å². The molecule has 1 aliphatic rings. The fraction of sp³-hybridized carbons (Fsp3) is 0.185. The summed E-state index contributed by atoms with van der Waals surface area (Å²) in [6.07, 6.45) is 4.91. The van der Waals surface area contributed by atoms with Gasteiger partial charge in [0.25, 0.3) is 0 Å². The number of methoxy groups -OCH3 is 1. The normalized spacial score (nSPS) is 17.5. The monoisotopic (exact) mass is 533 g/mol. The van der Waals surface area contributed by atoms with Crippen molar-refractivity contribution in [1.82, 2.24) is 14.9 Å². The highest BCUT2D eigenvalue weighted by Gasteiger charge is 2.42. The number of nitrogens with zero attached hydrogens (tertiary/aromatic N) is 3. The smallest absolute Gasteiger partial charge is 0.229 e. The van der Waals surface area contributed by atoms with Crippen molar-refractivity contribution in [2.75, 3.05) is 23.0 Å². The van der Waals surface area contributed by atoms with E-state index in [0.29, 0.717) is 16.5 Å². The largest absolute Gasteiger partial charge is 0.494 e. The Hall–Kier alpha value is -3.89. The molecule has 1 fully saturated rings. The Morgan fingerprint density at radius 3 is 2.46 bits per heavy atom. The number of pyridine rings is 1. The summed E-state index contributed by atoms with van der Waals surface area (Å²) in [6, 6.07) is 23.1. The summed E-state index contributed by atoms with van der Waals surface area (Å²) in [5.74, 6) is 0.389. The summed E-state index contributed by atoms with van der Waals surface area (Å²) in [5.41, 5.74) is 5.21. The molecular formula is C27H27N5O3S2. The molecule has 0 aliphatic carbocycles. The van der Waals surface area contributed by atoms with Gasteiger partial charge in [-0.2, -0.15) is 0 Å². The Labute approximate surface area is 222 Å². The van der Waals surface area contributed by atoms with E-state index in [4.69, 9.17) is 17.0 Å². The van der Waals surface area contributed by atoms with Gasteiger partial charge < -0.3 is 19.5 Å². The summed E-state index contributed by atoms with van der Waals surface area (Å²) in [6.45, 7) is 2.06. The SMILES string of the molecule is COc1cc(N2C(=S)N[C@H](c3ccccn3)[C@H]2c2cccn2-c2ccc(C)cc2)ccc1NS(C)(=O)=O. The first kappa shape index (κ1) is 24.8. The number of aryl methyl sites for hydroxylation is 1. The lowest BCUT2D eigenvalue weighted by atomic mass is 10.0. The molecule has 5 rings (SSSR count). The quantitative estimate of drug-likeness (QED) is 0.332. The number of nitrogens with one attached hydrogen (secondary N) is 2. The predicted molar refractivity (Wildman–Crippen MR) is 150 cm³/mol. The molecule has 190 valence electrons. The van der Waals surface area contributed by atoms with Crippen LogP contribution in [-0.2, 0) is 10.0 Å². The first-order chi connectivity index (χ1) is 17.7. The van der Waals surface area contributed by atoms with Crippen LogP contribution in [0.1, 0.15) is 29.0 Å². The Balaban J connectivity index is 1.64. The molecule has 3 heterocycles. The molecule has 10 heteroatoms. The van der Waals surface area contributed by atoms with Crippen LogP contribution in [0.2, 0.25) is 0 Å². The van der Waals surface area contributed by atoms with E-state index < -0.39 is 10.0 Å². The number of hydrogen-bond acceptors (Lipinski definition) is 5. The third-order valence-corrected chi connectivity index (χ3v) is 7.16. The minimum atomic E-state index is -3.48. The zero-order chi connectivity index (χ0) is 26.2. The van der Waals surface area contributed by atoms with Crippen molar-refractivity contribution < 1.29 is 13.2 Å². The molecule has 37 heavy (non-hydrogen) atoms. The minimum Gasteiger partial charge on any atom is -0.494 e. The first-order valence-electron chi connectivity index (χ1n) is 11.7. The Bertz CT molecular complexity index is 1540. The van der Waals surface area contributed by atoms with Gasteiger partial charge in [-0.3, -0.25) is 9.71 Å². The molecule has 4 aromatic rings. The van der Waals surface area contributed by atoms with Gasteiger partial charge in [0.1, 0.15) is 11.8 Å². The maximum Gasteiger partial charge on any atom is 0.229 e. The third kappa shape index (κ3) is 5.03. The molecule has 0 unspecified atom stereocenters. The van der Waals surface area contributed by atoms with Gasteiger partial charge in [-0.1, -0.05) is 23.8 Å². The number of benzene rings is 2. The summed E-state index contributed by atoms with van der Waals surface area (Å²) in [7, 11) is -1.97. The topological polar surface area (TPSA) is 88.5 Å². The van der Waals surface area contributed by atoms with Gasteiger partial charge in [0, 0.05) is 35.5 Å². The van der Waals surface area contributed by atoms with E-state index in [-0.39, 0.29) is 12.1 Å². The number of aromatic nitrogens is 2. The molecule has 2 aromatic heterocycles. The third-order valence-electron chi connectivity index (χ3n) is 6.25. The van der Waals surface area contributed by atoms with Gasteiger partial charge in [-0.25, -0.2) is 8.42 Å². The molecule has 8 nitrogen and oxygen atoms in total. The van der Waals surface area contributed by atoms with E-state index in [0.717, 1.165) is 29.0 Å². The number of sulfonamides is 1. The second kappa shape index (κ2) is 9.87. The Morgan fingerprint density at radius 1 is 1.03 bits per heavy atom. The number of rotatable bonds is 7.